The molecule has 1 aromatic carbocycles. The van der Waals surface area contributed by atoms with Crippen molar-refractivity contribution >= 4 is 11.9 Å². The number of nitrogens with one attached hydrogen (secondary N) is 1. The molecule has 3 N–H and O–H groups in total. The fourth-order valence-corrected chi connectivity index (χ4v) is 3.20. The van der Waals surface area contributed by atoms with Gasteiger partial charge in [-0.2, -0.15) is 18.3 Å². The Morgan fingerprint density at radius 2 is 1.94 bits per heavy atom. The lowest BCUT2D eigenvalue weighted by atomic mass is 9.89. The fraction of sp³-hybridized carbons (Fsp3) is 0.348. The van der Waals surface area contributed by atoms with E-state index in [1.54, 1.807) is 6.92 Å². The second-order valence-electron chi connectivity index (χ2n) is 7.93. The molecule has 0 saturated heterocycles. The smallest absolute Gasteiger partial charge is 0.368 e. The van der Waals surface area contributed by atoms with Gasteiger partial charge in [-0.1, -0.05) is 32.6 Å². The Labute approximate surface area is 189 Å². The fourth-order valence-electron chi connectivity index (χ4n) is 3.20. The summed E-state index contributed by atoms with van der Waals surface area (Å²) in [5.41, 5.74) is 6.39. The van der Waals surface area contributed by atoms with Crippen LogP contribution in [0.2, 0.25) is 0 Å². The maximum atomic E-state index is 13.1. The third kappa shape index (κ3) is 7.30. The Balaban J connectivity index is 2.16. The van der Waals surface area contributed by atoms with Crippen LogP contribution in [0.3, 0.4) is 0 Å². The zero-order chi connectivity index (χ0) is 24.8. The monoisotopic (exact) mass is 465 g/mol. The number of nitrogens with zero attached hydrogens (tertiary/aromatic N) is 3. The van der Waals surface area contributed by atoms with Crippen LogP contribution < -0.4 is 11.1 Å². The van der Waals surface area contributed by atoms with Crippen molar-refractivity contribution in [2.75, 3.05) is 6.54 Å². The average molecular weight is 465 g/mol. The molecule has 0 spiro atoms. The summed E-state index contributed by atoms with van der Waals surface area (Å²) >= 11 is 0. The van der Waals surface area contributed by atoms with Crippen molar-refractivity contribution in [2.45, 2.75) is 39.3 Å². The van der Waals surface area contributed by atoms with Gasteiger partial charge in [0.05, 0.1) is 23.0 Å². The van der Waals surface area contributed by atoms with Gasteiger partial charge in [-0.05, 0) is 43.0 Å². The quantitative estimate of drug-likeness (QED) is 0.251. The average Bonchev–Trinajstić information content (AvgIpc) is 3.15. The Kier molecular flexibility index (Phi) is 8.56. The summed E-state index contributed by atoms with van der Waals surface area (Å²) in [5, 5.41) is 6.94. The lowest BCUT2D eigenvalue weighted by Crippen LogP contribution is -2.29. The summed E-state index contributed by atoms with van der Waals surface area (Å²) < 4.78 is 52.9. The summed E-state index contributed by atoms with van der Waals surface area (Å²) in [6, 6.07) is 4.98. The highest BCUT2D eigenvalue weighted by Crippen LogP contribution is 2.31. The number of aromatic nitrogens is 2. The van der Waals surface area contributed by atoms with E-state index in [-0.39, 0.29) is 29.9 Å². The van der Waals surface area contributed by atoms with Gasteiger partial charge in [0.25, 0.3) is 5.91 Å². The molecule has 2 rings (SSSR count). The Bertz CT molecular complexity index is 1040. The number of hydrogen-bond donors (Lipinski definition) is 2. The number of benzene rings is 1. The zero-order valence-electron chi connectivity index (χ0n) is 18.7. The van der Waals surface area contributed by atoms with Gasteiger partial charge in [-0.15, -0.1) is 0 Å². The highest BCUT2D eigenvalue weighted by molar-refractivity contribution is 5.96. The number of carbonyl (C=O) groups excluding carboxylic acids is 1. The summed E-state index contributed by atoms with van der Waals surface area (Å²) in [6.45, 7) is 9.10. The molecular formula is C23H27F4N5O. The van der Waals surface area contributed by atoms with E-state index in [1.807, 2.05) is 13.8 Å². The van der Waals surface area contributed by atoms with E-state index in [0.29, 0.717) is 17.7 Å². The summed E-state index contributed by atoms with van der Waals surface area (Å²) in [7, 11) is 0. The van der Waals surface area contributed by atoms with E-state index in [9.17, 15) is 22.4 Å². The predicted molar refractivity (Wildman–Crippen MR) is 119 cm³/mol. The molecule has 33 heavy (non-hydrogen) atoms. The minimum atomic E-state index is -4.41. The Morgan fingerprint density at radius 3 is 2.48 bits per heavy atom. The largest absolute Gasteiger partial charge is 0.416 e. The predicted octanol–water partition coefficient (Wildman–Crippen LogP) is 4.93. The molecule has 1 atom stereocenters. The molecule has 0 aliphatic carbocycles. The third-order valence-corrected chi connectivity index (χ3v) is 4.87. The van der Waals surface area contributed by atoms with Crippen LogP contribution in [-0.4, -0.2) is 28.2 Å². The number of amides is 1. The standard InChI is InChI=1S/C23H27F4N5O/c1-5-19(24)12-30-22(28)32-13-20(15(4)31-32)21(33)29-11-17(10-14(2)3)16-6-8-18(9-7-16)23(25,26)27/h5-9,12-14,17H,1,10-11H2,2-4H3,(H2,28,30)(H,29,33)/b19-12+. The highest BCUT2D eigenvalue weighted by Gasteiger charge is 2.30. The van der Waals surface area contributed by atoms with Crippen LogP contribution in [0.1, 0.15) is 53.4 Å². The van der Waals surface area contributed by atoms with Crippen molar-refractivity contribution in [1.29, 1.82) is 0 Å². The van der Waals surface area contributed by atoms with E-state index < -0.39 is 23.5 Å². The lowest BCUT2D eigenvalue weighted by Gasteiger charge is -2.21. The SMILES string of the molecule is C=C/C(F)=C\N=C(N)n1cc(C(=O)NCC(CC(C)C)c2ccc(C(F)(F)F)cc2)c(C)n1. The van der Waals surface area contributed by atoms with Crippen LogP contribution in [0.25, 0.3) is 0 Å². The third-order valence-electron chi connectivity index (χ3n) is 4.87. The first kappa shape index (κ1) is 25.8. The van der Waals surface area contributed by atoms with Crippen molar-refractivity contribution < 1.29 is 22.4 Å². The van der Waals surface area contributed by atoms with Gasteiger partial charge < -0.3 is 11.1 Å². The Hall–Kier alpha value is -3.43. The minimum Gasteiger partial charge on any atom is -0.368 e. The van der Waals surface area contributed by atoms with E-state index in [2.05, 4.69) is 22.0 Å². The molecule has 0 radical (unpaired) electrons. The molecule has 1 amide bonds. The van der Waals surface area contributed by atoms with Gasteiger partial charge in [0.1, 0.15) is 5.83 Å². The van der Waals surface area contributed by atoms with Crippen molar-refractivity contribution in [3.05, 3.63) is 77.5 Å². The van der Waals surface area contributed by atoms with Gasteiger partial charge in [0.15, 0.2) is 0 Å². The molecule has 0 aliphatic heterocycles. The molecule has 6 nitrogen and oxygen atoms in total. The number of carbonyl (C=O) groups is 1. The van der Waals surface area contributed by atoms with E-state index in [0.717, 1.165) is 29.1 Å². The number of hydrogen-bond acceptors (Lipinski definition) is 3. The van der Waals surface area contributed by atoms with Crippen molar-refractivity contribution in [3.63, 3.8) is 0 Å². The van der Waals surface area contributed by atoms with Crippen molar-refractivity contribution in [3.8, 4) is 0 Å². The normalized spacial score (nSPS) is 13.8. The number of alkyl halides is 3. The maximum Gasteiger partial charge on any atom is 0.416 e. The first-order chi connectivity index (χ1) is 15.4. The minimum absolute atomic E-state index is 0.142. The molecule has 0 saturated carbocycles. The van der Waals surface area contributed by atoms with Crippen molar-refractivity contribution in [2.24, 2.45) is 16.6 Å². The molecule has 0 fully saturated rings. The van der Waals surface area contributed by atoms with Gasteiger partial charge in [0, 0.05) is 18.7 Å². The maximum absolute atomic E-state index is 13.1. The summed E-state index contributed by atoms with van der Waals surface area (Å²) in [4.78, 5) is 16.5. The number of allylic oxidation sites excluding steroid dienone is 2. The van der Waals surface area contributed by atoms with Gasteiger partial charge in [-0.25, -0.2) is 14.1 Å². The number of aliphatic imine (C=N–C) groups is 1. The first-order valence-corrected chi connectivity index (χ1v) is 10.3. The molecule has 1 heterocycles. The Morgan fingerprint density at radius 1 is 1.30 bits per heavy atom. The molecule has 1 unspecified atom stereocenters. The summed E-state index contributed by atoms with van der Waals surface area (Å²) in [6.07, 6.45) is -0.520. The van der Waals surface area contributed by atoms with Crippen LogP contribution in [0.5, 0.6) is 0 Å². The number of nitrogens with two attached hydrogens (primary N) is 1. The number of halogens is 4. The van der Waals surface area contributed by atoms with Crippen LogP contribution in [-0.2, 0) is 6.18 Å². The second-order valence-corrected chi connectivity index (χ2v) is 7.93. The highest BCUT2D eigenvalue weighted by atomic mass is 19.4. The summed E-state index contributed by atoms with van der Waals surface area (Å²) in [5.74, 6) is -1.15. The van der Waals surface area contributed by atoms with Crippen molar-refractivity contribution in [1.82, 2.24) is 15.1 Å². The molecule has 178 valence electrons. The molecule has 0 aliphatic rings. The lowest BCUT2D eigenvalue weighted by molar-refractivity contribution is -0.137. The second kappa shape index (κ2) is 10.9. The van der Waals surface area contributed by atoms with Gasteiger partial charge >= 0.3 is 6.18 Å². The first-order valence-electron chi connectivity index (χ1n) is 10.3. The molecule has 0 bridgehead atoms. The van der Waals surface area contributed by atoms with E-state index in [1.165, 1.54) is 18.3 Å². The number of rotatable bonds is 8. The van der Waals surface area contributed by atoms with E-state index in [4.69, 9.17) is 5.73 Å². The molecule has 1 aromatic heterocycles. The molecule has 2 aromatic rings. The van der Waals surface area contributed by atoms with Crippen LogP contribution >= 0.6 is 0 Å². The van der Waals surface area contributed by atoms with Gasteiger partial charge in [0.2, 0.25) is 5.96 Å². The van der Waals surface area contributed by atoms with Crippen LogP contribution in [0, 0.1) is 12.8 Å². The molecule has 10 heteroatoms. The van der Waals surface area contributed by atoms with Crippen LogP contribution in [0.15, 0.2) is 60.1 Å². The van der Waals surface area contributed by atoms with Gasteiger partial charge in [-0.3, -0.25) is 4.79 Å². The molecular weight excluding hydrogens is 438 g/mol. The van der Waals surface area contributed by atoms with E-state index >= 15 is 0 Å². The number of aryl methyl sites for hydroxylation is 1. The zero-order valence-corrected chi connectivity index (χ0v) is 18.7. The topological polar surface area (TPSA) is 85.3 Å². The van der Waals surface area contributed by atoms with Crippen LogP contribution in [0.4, 0.5) is 17.6 Å².